The van der Waals surface area contributed by atoms with E-state index in [2.05, 4.69) is 34.0 Å². The second-order valence-corrected chi connectivity index (χ2v) is 5.11. The lowest BCUT2D eigenvalue weighted by molar-refractivity contribution is 0.713. The molecule has 4 heteroatoms. The van der Waals surface area contributed by atoms with Crippen LogP contribution in [0.5, 0.6) is 0 Å². The van der Waals surface area contributed by atoms with Crippen molar-refractivity contribution in [2.75, 3.05) is 6.54 Å². The molecule has 1 aromatic carbocycles. The summed E-state index contributed by atoms with van der Waals surface area (Å²) in [5.74, 6) is 0.968. The van der Waals surface area contributed by atoms with Gasteiger partial charge in [-0.05, 0) is 19.1 Å². The summed E-state index contributed by atoms with van der Waals surface area (Å²) in [6.45, 7) is 4.67. The van der Waals surface area contributed by atoms with Gasteiger partial charge in [-0.1, -0.05) is 25.1 Å². The van der Waals surface area contributed by atoms with E-state index in [9.17, 15) is 0 Å². The number of H-pyrrole nitrogens is 1. The third-order valence-electron chi connectivity index (χ3n) is 3.62. The molecule has 2 aromatic heterocycles. The molecule has 1 atom stereocenters. The molecule has 0 spiro atoms. The predicted octanol–water partition coefficient (Wildman–Crippen LogP) is 3.00. The number of nitrogens with two attached hydrogens (primary N) is 1. The topological polar surface area (TPSA) is 67.6 Å². The lowest BCUT2D eigenvalue weighted by atomic mass is 10.1. The first kappa shape index (κ1) is 12.8. The third kappa shape index (κ3) is 2.08. The Morgan fingerprint density at radius 2 is 2.05 bits per heavy atom. The summed E-state index contributed by atoms with van der Waals surface area (Å²) in [5, 5.41) is 1.19. The summed E-state index contributed by atoms with van der Waals surface area (Å²) < 4.78 is 0. The van der Waals surface area contributed by atoms with Crippen LogP contribution in [0.15, 0.2) is 36.5 Å². The van der Waals surface area contributed by atoms with Crippen LogP contribution in [-0.4, -0.2) is 21.5 Å². The van der Waals surface area contributed by atoms with E-state index in [0.29, 0.717) is 6.54 Å². The zero-order valence-corrected chi connectivity index (χ0v) is 11.7. The maximum Gasteiger partial charge on any atom is 0.133 e. The van der Waals surface area contributed by atoms with E-state index < -0.39 is 0 Å². The Kier molecular flexibility index (Phi) is 3.24. The van der Waals surface area contributed by atoms with Gasteiger partial charge < -0.3 is 10.7 Å². The quantitative estimate of drug-likeness (QED) is 0.765. The van der Waals surface area contributed by atoms with Crippen molar-refractivity contribution >= 4 is 10.9 Å². The van der Waals surface area contributed by atoms with Crippen molar-refractivity contribution in [1.29, 1.82) is 0 Å². The number of aryl methyl sites for hydroxylation is 1. The molecule has 0 aliphatic rings. The zero-order valence-electron chi connectivity index (χ0n) is 11.7. The van der Waals surface area contributed by atoms with E-state index >= 15 is 0 Å². The fourth-order valence-corrected chi connectivity index (χ4v) is 2.46. The van der Waals surface area contributed by atoms with Gasteiger partial charge in [-0.2, -0.15) is 0 Å². The Labute approximate surface area is 118 Å². The minimum absolute atomic E-state index is 0.167. The number of nitrogens with one attached hydrogen (secondary N) is 1. The number of hydrogen-bond donors (Lipinski definition) is 2. The van der Waals surface area contributed by atoms with Crippen LogP contribution in [0.1, 0.15) is 24.4 Å². The molecule has 0 saturated heterocycles. The molecule has 0 saturated carbocycles. The minimum Gasteiger partial charge on any atom is -0.358 e. The van der Waals surface area contributed by atoms with E-state index in [1.165, 1.54) is 5.39 Å². The minimum atomic E-state index is 0.167. The standard InChI is InChI=1S/C16H18N4/c1-10(9-17)16-18-8-7-14(20-16)15-11(2)19-13-6-4-3-5-12(13)15/h3-8,10,19H,9,17H2,1-2H3. The van der Waals surface area contributed by atoms with Crippen molar-refractivity contribution in [2.45, 2.75) is 19.8 Å². The first-order valence-electron chi connectivity index (χ1n) is 6.81. The molecule has 3 N–H and O–H groups in total. The molecule has 0 aliphatic heterocycles. The van der Waals surface area contributed by atoms with E-state index in [1.807, 2.05) is 31.3 Å². The summed E-state index contributed by atoms with van der Waals surface area (Å²) in [6.07, 6.45) is 1.81. The van der Waals surface area contributed by atoms with Gasteiger partial charge in [0, 0.05) is 40.8 Å². The summed E-state index contributed by atoms with van der Waals surface area (Å²) in [7, 11) is 0. The fraction of sp³-hybridized carbons (Fsp3) is 0.250. The molecular formula is C16H18N4. The van der Waals surface area contributed by atoms with Gasteiger partial charge in [-0.15, -0.1) is 0 Å². The number of aromatic amines is 1. The highest BCUT2D eigenvalue weighted by Gasteiger charge is 2.13. The van der Waals surface area contributed by atoms with Crippen molar-refractivity contribution in [3.05, 3.63) is 48.0 Å². The maximum absolute atomic E-state index is 5.71. The van der Waals surface area contributed by atoms with Crippen molar-refractivity contribution < 1.29 is 0 Å². The van der Waals surface area contributed by atoms with Crippen molar-refractivity contribution in [3.63, 3.8) is 0 Å². The van der Waals surface area contributed by atoms with Gasteiger partial charge >= 0.3 is 0 Å². The number of aromatic nitrogens is 3. The van der Waals surface area contributed by atoms with Crippen LogP contribution in [0.4, 0.5) is 0 Å². The summed E-state index contributed by atoms with van der Waals surface area (Å²) in [4.78, 5) is 12.4. The van der Waals surface area contributed by atoms with Gasteiger partial charge in [0.05, 0.1) is 5.69 Å². The van der Waals surface area contributed by atoms with E-state index in [0.717, 1.165) is 28.3 Å². The molecule has 0 fully saturated rings. The highest BCUT2D eigenvalue weighted by atomic mass is 14.9. The maximum atomic E-state index is 5.71. The molecule has 0 bridgehead atoms. The van der Waals surface area contributed by atoms with Crippen LogP contribution in [0, 0.1) is 6.92 Å². The molecule has 2 heterocycles. The molecule has 3 rings (SSSR count). The second-order valence-electron chi connectivity index (χ2n) is 5.11. The van der Waals surface area contributed by atoms with E-state index in [1.54, 1.807) is 0 Å². The number of fused-ring (bicyclic) bond motifs is 1. The summed E-state index contributed by atoms with van der Waals surface area (Å²) in [5.41, 5.74) is 10.1. The molecule has 4 nitrogen and oxygen atoms in total. The zero-order chi connectivity index (χ0) is 14.1. The van der Waals surface area contributed by atoms with Crippen molar-refractivity contribution in [2.24, 2.45) is 5.73 Å². The molecule has 0 radical (unpaired) electrons. The lowest BCUT2D eigenvalue weighted by Crippen LogP contribution is -2.12. The normalized spacial score (nSPS) is 12.8. The first-order valence-corrected chi connectivity index (χ1v) is 6.81. The summed E-state index contributed by atoms with van der Waals surface area (Å²) in [6, 6.07) is 10.2. The molecule has 0 aliphatic carbocycles. The molecule has 102 valence electrons. The average molecular weight is 266 g/mol. The molecule has 1 unspecified atom stereocenters. The fourth-order valence-electron chi connectivity index (χ4n) is 2.46. The molecule has 20 heavy (non-hydrogen) atoms. The van der Waals surface area contributed by atoms with Crippen molar-refractivity contribution in [1.82, 2.24) is 15.0 Å². The highest BCUT2D eigenvalue weighted by Crippen LogP contribution is 2.30. The van der Waals surface area contributed by atoms with Crippen LogP contribution < -0.4 is 5.73 Å². The van der Waals surface area contributed by atoms with Gasteiger partial charge in [-0.25, -0.2) is 9.97 Å². The number of rotatable bonds is 3. The van der Waals surface area contributed by atoms with Crippen LogP contribution in [0.3, 0.4) is 0 Å². The van der Waals surface area contributed by atoms with Gasteiger partial charge in [0.1, 0.15) is 5.82 Å². The predicted molar refractivity (Wildman–Crippen MR) is 81.5 cm³/mol. The van der Waals surface area contributed by atoms with Crippen LogP contribution in [-0.2, 0) is 0 Å². The SMILES string of the molecule is Cc1[nH]c2ccccc2c1-c1ccnc(C(C)CN)n1. The largest absolute Gasteiger partial charge is 0.358 e. The Morgan fingerprint density at radius 3 is 2.85 bits per heavy atom. The smallest absolute Gasteiger partial charge is 0.133 e. The number of hydrogen-bond acceptors (Lipinski definition) is 3. The van der Waals surface area contributed by atoms with E-state index in [4.69, 9.17) is 5.73 Å². The highest BCUT2D eigenvalue weighted by molar-refractivity contribution is 5.96. The number of para-hydroxylation sites is 1. The molecule has 0 amide bonds. The van der Waals surface area contributed by atoms with Gasteiger partial charge in [0.25, 0.3) is 0 Å². The monoisotopic (exact) mass is 266 g/mol. The van der Waals surface area contributed by atoms with Gasteiger partial charge in [-0.3, -0.25) is 0 Å². The van der Waals surface area contributed by atoms with Crippen LogP contribution >= 0.6 is 0 Å². The Morgan fingerprint density at radius 1 is 1.25 bits per heavy atom. The Hall–Kier alpha value is -2.20. The van der Waals surface area contributed by atoms with E-state index in [-0.39, 0.29) is 5.92 Å². The number of nitrogens with zero attached hydrogens (tertiary/aromatic N) is 2. The van der Waals surface area contributed by atoms with Crippen LogP contribution in [0.25, 0.3) is 22.2 Å². The average Bonchev–Trinajstić information content (AvgIpc) is 2.82. The Balaban J connectivity index is 2.18. The van der Waals surface area contributed by atoms with Gasteiger partial charge in [0.15, 0.2) is 0 Å². The molecule has 3 aromatic rings. The lowest BCUT2D eigenvalue weighted by Gasteiger charge is -2.08. The van der Waals surface area contributed by atoms with Crippen molar-refractivity contribution in [3.8, 4) is 11.3 Å². The summed E-state index contributed by atoms with van der Waals surface area (Å²) >= 11 is 0. The first-order chi connectivity index (χ1) is 9.70. The Bertz CT molecular complexity index is 745. The molecular weight excluding hydrogens is 248 g/mol. The van der Waals surface area contributed by atoms with Crippen LogP contribution in [0.2, 0.25) is 0 Å². The number of benzene rings is 1. The van der Waals surface area contributed by atoms with Gasteiger partial charge in [0.2, 0.25) is 0 Å². The third-order valence-corrected chi connectivity index (χ3v) is 3.62. The second kappa shape index (κ2) is 5.06.